The molecule has 1 unspecified atom stereocenters. The standard InChI is InChI=1S/C19H16N4O/c1-23-12-11-21-18(23)17(15-5-3-2-4-6-15)22-19(24)16-9-7-14(13-20)8-10-16/h2-12,17H,1H3,(H,22,24). The van der Waals surface area contributed by atoms with Crippen LogP contribution in [0.1, 0.15) is 33.4 Å². The van der Waals surface area contributed by atoms with E-state index >= 15 is 0 Å². The third kappa shape index (κ3) is 3.18. The summed E-state index contributed by atoms with van der Waals surface area (Å²) < 4.78 is 1.89. The zero-order valence-corrected chi connectivity index (χ0v) is 13.2. The summed E-state index contributed by atoms with van der Waals surface area (Å²) in [5, 5.41) is 11.9. The fraction of sp³-hybridized carbons (Fsp3) is 0.105. The minimum atomic E-state index is -0.352. The van der Waals surface area contributed by atoms with Gasteiger partial charge >= 0.3 is 0 Å². The van der Waals surface area contributed by atoms with Crippen molar-refractivity contribution in [2.45, 2.75) is 6.04 Å². The predicted molar refractivity (Wildman–Crippen MR) is 90.1 cm³/mol. The summed E-state index contributed by atoms with van der Waals surface area (Å²) in [6, 6.07) is 18.0. The van der Waals surface area contributed by atoms with E-state index in [1.54, 1.807) is 30.5 Å². The van der Waals surface area contributed by atoms with E-state index in [0.29, 0.717) is 11.1 Å². The minimum absolute atomic E-state index is 0.212. The second-order valence-electron chi connectivity index (χ2n) is 5.40. The number of hydrogen-bond acceptors (Lipinski definition) is 3. The molecule has 0 fully saturated rings. The van der Waals surface area contributed by atoms with Crippen molar-refractivity contribution in [2.24, 2.45) is 7.05 Å². The van der Waals surface area contributed by atoms with Crippen molar-refractivity contribution in [3.8, 4) is 6.07 Å². The molecule has 0 saturated carbocycles. The van der Waals surface area contributed by atoms with Gasteiger partial charge in [-0.05, 0) is 29.8 Å². The molecule has 0 saturated heterocycles. The monoisotopic (exact) mass is 316 g/mol. The summed E-state index contributed by atoms with van der Waals surface area (Å²) in [6.07, 6.45) is 3.55. The van der Waals surface area contributed by atoms with Crippen LogP contribution in [-0.2, 0) is 7.05 Å². The molecular formula is C19H16N4O. The largest absolute Gasteiger partial charge is 0.338 e. The summed E-state index contributed by atoms with van der Waals surface area (Å²) in [5.41, 5.74) is 1.98. The van der Waals surface area contributed by atoms with Crippen molar-refractivity contribution in [1.29, 1.82) is 5.26 Å². The van der Waals surface area contributed by atoms with Crippen molar-refractivity contribution in [2.75, 3.05) is 0 Å². The minimum Gasteiger partial charge on any atom is -0.338 e. The predicted octanol–water partition coefficient (Wildman–Crippen LogP) is 2.81. The van der Waals surface area contributed by atoms with Gasteiger partial charge < -0.3 is 9.88 Å². The molecule has 5 heteroatoms. The van der Waals surface area contributed by atoms with Gasteiger partial charge in [-0.15, -0.1) is 0 Å². The summed E-state index contributed by atoms with van der Waals surface area (Å²) in [5.74, 6) is 0.541. The van der Waals surface area contributed by atoms with Crippen LogP contribution in [0.5, 0.6) is 0 Å². The third-order valence-electron chi connectivity index (χ3n) is 3.80. The molecule has 1 heterocycles. The fourth-order valence-corrected chi connectivity index (χ4v) is 2.51. The van der Waals surface area contributed by atoms with Crippen LogP contribution < -0.4 is 5.32 Å². The molecule has 1 amide bonds. The van der Waals surface area contributed by atoms with Crippen LogP contribution in [0.2, 0.25) is 0 Å². The number of aryl methyl sites for hydroxylation is 1. The van der Waals surface area contributed by atoms with Crippen molar-refractivity contribution in [1.82, 2.24) is 14.9 Å². The molecule has 0 aliphatic carbocycles. The number of carbonyl (C=O) groups excluding carboxylic acids is 1. The number of carbonyl (C=O) groups is 1. The van der Waals surface area contributed by atoms with Gasteiger partial charge in [0.2, 0.25) is 0 Å². The molecule has 1 N–H and O–H groups in total. The van der Waals surface area contributed by atoms with Crippen LogP contribution in [0.15, 0.2) is 67.0 Å². The Morgan fingerprint density at radius 2 is 1.88 bits per heavy atom. The number of imidazole rings is 1. The van der Waals surface area contributed by atoms with Crippen molar-refractivity contribution in [3.05, 3.63) is 89.5 Å². The molecule has 3 rings (SSSR count). The topological polar surface area (TPSA) is 70.7 Å². The zero-order chi connectivity index (χ0) is 16.9. The number of nitriles is 1. The Hall–Kier alpha value is -3.39. The zero-order valence-electron chi connectivity index (χ0n) is 13.2. The number of nitrogens with one attached hydrogen (secondary N) is 1. The van der Waals surface area contributed by atoms with E-state index in [1.165, 1.54) is 0 Å². The van der Waals surface area contributed by atoms with E-state index in [-0.39, 0.29) is 11.9 Å². The average molecular weight is 316 g/mol. The van der Waals surface area contributed by atoms with Gasteiger partial charge in [-0.3, -0.25) is 4.79 Å². The van der Waals surface area contributed by atoms with Gasteiger partial charge in [-0.2, -0.15) is 5.26 Å². The van der Waals surface area contributed by atoms with Crippen LogP contribution in [0.3, 0.4) is 0 Å². The van der Waals surface area contributed by atoms with Crippen molar-refractivity contribution >= 4 is 5.91 Å². The molecule has 2 aromatic carbocycles. The molecular weight excluding hydrogens is 300 g/mol. The Kier molecular flexibility index (Phi) is 4.39. The average Bonchev–Trinajstić information content (AvgIpc) is 3.06. The summed E-state index contributed by atoms with van der Waals surface area (Å²) >= 11 is 0. The Labute approximate surface area is 140 Å². The first-order valence-corrected chi connectivity index (χ1v) is 7.52. The maximum Gasteiger partial charge on any atom is 0.252 e. The van der Waals surface area contributed by atoms with Gasteiger partial charge in [0, 0.05) is 25.0 Å². The normalized spacial score (nSPS) is 11.5. The maximum absolute atomic E-state index is 12.6. The highest BCUT2D eigenvalue weighted by molar-refractivity contribution is 5.94. The number of rotatable bonds is 4. The summed E-state index contributed by atoms with van der Waals surface area (Å²) in [7, 11) is 1.89. The number of hydrogen-bond donors (Lipinski definition) is 1. The maximum atomic E-state index is 12.6. The fourth-order valence-electron chi connectivity index (χ4n) is 2.51. The molecule has 118 valence electrons. The van der Waals surface area contributed by atoms with Crippen LogP contribution in [0.4, 0.5) is 0 Å². The highest BCUT2D eigenvalue weighted by Gasteiger charge is 2.21. The number of nitrogens with zero attached hydrogens (tertiary/aromatic N) is 3. The lowest BCUT2D eigenvalue weighted by atomic mass is 10.0. The van der Waals surface area contributed by atoms with Crippen LogP contribution in [-0.4, -0.2) is 15.5 Å². The van der Waals surface area contributed by atoms with E-state index in [9.17, 15) is 4.79 Å². The molecule has 1 atom stereocenters. The van der Waals surface area contributed by atoms with E-state index in [0.717, 1.165) is 11.4 Å². The first kappa shape index (κ1) is 15.5. The van der Waals surface area contributed by atoms with Gasteiger partial charge in [-0.25, -0.2) is 4.98 Å². The molecule has 5 nitrogen and oxygen atoms in total. The first-order chi connectivity index (χ1) is 11.7. The quantitative estimate of drug-likeness (QED) is 0.804. The molecule has 0 spiro atoms. The molecule has 3 aromatic rings. The number of benzene rings is 2. The molecule has 0 aliphatic heterocycles. The number of amides is 1. The van der Waals surface area contributed by atoms with E-state index in [2.05, 4.69) is 10.3 Å². The highest BCUT2D eigenvalue weighted by atomic mass is 16.1. The smallest absolute Gasteiger partial charge is 0.252 e. The Bertz CT molecular complexity index is 876. The lowest BCUT2D eigenvalue weighted by Gasteiger charge is -2.19. The number of aromatic nitrogens is 2. The Morgan fingerprint density at radius 1 is 1.17 bits per heavy atom. The van der Waals surface area contributed by atoms with Gasteiger partial charge in [-0.1, -0.05) is 30.3 Å². The third-order valence-corrected chi connectivity index (χ3v) is 3.80. The van der Waals surface area contributed by atoms with Gasteiger partial charge in [0.05, 0.1) is 11.6 Å². The second kappa shape index (κ2) is 6.80. The Morgan fingerprint density at radius 3 is 2.46 bits per heavy atom. The van der Waals surface area contributed by atoms with Gasteiger partial charge in [0.15, 0.2) is 0 Å². The SMILES string of the molecule is Cn1ccnc1C(NC(=O)c1ccc(C#N)cc1)c1ccccc1. The Balaban J connectivity index is 1.91. The van der Waals surface area contributed by atoms with E-state index < -0.39 is 0 Å². The molecule has 0 bridgehead atoms. The second-order valence-corrected chi connectivity index (χ2v) is 5.40. The lowest BCUT2D eigenvalue weighted by molar-refractivity contribution is 0.0941. The summed E-state index contributed by atoms with van der Waals surface area (Å²) in [6.45, 7) is 0. The lowest BCUT2D eigenvalue weighted by Crippen LogP contribution is -2.31. The van der Waals surface area contributed by atoms with E-state index in [1.807, 2.05) is 54.2 Å². The summed E-state index contributed by atoms with van der Waals surface area (Å²) in [4.78, 5) is 17.0. The van der Waals surface area contributed by atoms with E-state index in [4.69, 9.17) is 5.26 Å². The van der Waals surface area contributed by atoms with Crippen LogP contribution in [0.25, 0.3) is 0 Å². The molecule has 24 heavy (non-hydrogen) atoms. The van der Waals surface area contributed by atoms with Crippen molar-refractivity contribution in [3.63, 3.8) is 0 Å². The highest BCUT2D eigenvalue weighted by Crippen LogP contribution is 2.20. The van der Waals surface area contributed by atoms with Crippen LogP contribution in [0, 0.1) is 11.3 Å². The molecule has 1 aromatic heterocycles. The first-order valence-electron chi connectivity index (χ1n) is 7.52. The van der Waals surface area contributed by atoms with Crippen LogP contribution >= 0.6 is 0 Å². The van der Waals surface area contributed by atoms with Gasteiger partial charge in [0.25, 0.3) is 5.91 Å². The van der Waals surface area contributed by atoms with Gasteiger partial charge in [0.1, 0.15) is 11.9 Å². The molecule has 0 aliphatic rings. The van der Waals surface area contributed by atoms with Crippen molar-refractivity contribution < 1.29 is 4.79 Å². The molecule has 0 radical (unpaired) electrons.